The van der Waals surface area contributed by atoms with Crippen molar-refractivity contribution in [3.8, 4) is 0 Å². The van der Waals surface area contributed by atoms with E-state index >= 15 is 0 Å². The fourth-order valence-corrected chi connectivity index (χ4v) is 5.64. The Balaban J connectivity index is 1.55. The van der Waals surface area contributed by atoms with Gasteiger partial charge < -0.3 is 9.88 Å². The zero-order valence-electron chi connectivity index (χ0n) is 18.2. The molecule has 0 unspecified atom stereocenters. The van der Waals surface area contributed by atoms with Crippen LogP contribution in [-0.4, -0.2) is 26.4 Å². The molecular weight excluding hydrogens is 492 g/mol. The lowest BCUT2D eigenvalue weighted by molar-refractivity contribution is -0.113. The number of thioether (sulfide) groups is 2. The number of anilines is 1. The van der Waals surface area contributed by atoms with Crippen molar-refractivity contribution < 1.29 is 4.79 Å². The largest absolute Gasteiger partial charge is 0.325 e. The van der Waals surface area contributed by atoms with Crippen LogP contribution in [0.2, 0.25) is 0 Å². The van der Waals surface area contributed by atoms with Crippen molar-refractivity contribution >= 4 is 51.0 Å². The highest BCUT2D eigenvalue weighted by atomic mass is 79.9. The summed E-state index contributed by atoms with van der Waals surface area (Å²) in [5.74, 6) is 2.93. The number of hydrogen-bond acceptors (Lipinski definition) is 5. The minimum Gasteiger partial charge on any atom is -0.325 e. The molecule has 1 N–H and O–H groups in total. The van der Waals surface area contributed by atoms with Crippen molar-refractivity contribution in [2.24, 2.45) is 0 Å². The van der Waals surface area contributed by atoms with Gasteiger partial charge in [0.2, 0.25) is 5.91 Å². The molecule has 0 saturated carbocycles. The number of carbonyl (C=O) groups is 1. The summed E-state index contributed by atoms with van der Waals surface area (Å²) in [6.45, 7) is 8.95. The number of halogens is 1. The molecule has 0 atom stereocenters. The van der Waals surface area contributed by atoms with Crippen molar-refractivity contribution in [2.45, 2.75) is 50.9 Å². The van der Waals surface area contributed by atoms with E-state index in [1.165, 1.54) is 22.9 Å². The van der Waals surface area contributed by atoms with Crippen LogP contribution in [-0.2, 0) is 22.8 Å². The Kier molecular flexibility index (Phi) is 8.63. The molecule has 8 heteroatoms. The van der Waals surface area contributed by atoms with Crippen molar-refractivity contribution in [2.75, 3.05) is 11.1 Å². The van der Waals surface area contributed by atoms with Crippen molar-refractivity contribution in [3.05, 3.63) is 68.9 Å². The zero-order valence-corrected chi connectivity index (χ0v) is 21.5. The normalized spacial score (nSPS) is 11.0. The molecule has 3 aromatic rings. The van der Waals surface area contributed by atoms with Gasteiger partial charge in [0.05, 0.1) is 11.5 Å². The monoisotopic (exact) mass is 518 g/mol. The number of aromatic nitrogens is 3. The summed E-state index contributed by atoms with van der Waals surface area (Å²) in [6, 6.07) is 12.6. The van der Waals surface area contributed by atoms with Gasteiger partial charge >= 0.3 is 0 Å². The van der Waals surface area contributed by atoms with Crippen LogP contribution in [0.4, 0.5) is 5.69 Å². The van der Waals surface area contributed by atoms with Gasteiger partial charge in [0.15, 0.2) is 5.16 Å². The highest BCUT2D eigenvalue weighted by Gasteiger charge is 2.14. The first-order valence-electron chi connectivity index (χ1n) is 10.1. The number of aryl methyl sites for hydroxylation is 3. The van der Waals surface area contributed by atoms with Gasteiger partial charge in [0.25, 0.3) is 0 Å². The van der Waals surface area contributed by atoms with Crippen molar-refractivity contribution in [3.63, 3.8) is 0 Å². The lowest BCUT2D eigenvalue weighted by atomic mass is 10.1. The van der Waals surface area contributed by atoms with E-state index in [2.05, 4.69) is 74.1 Å². The second-order valence-corrected chi connectivity index (χ2v) is 10.2. The van der Waals surface area contributed by atoms with E-state index in [0.717, 1.165) is 50.3 Å². The maximum absolute atomic E-state index is 12.5. The Bertz CT molecular complexity index is 1030. The van der Waals surface area contributed by atoms with Gasteiger partial charge in [-0.3, -0.25) is 4.79 Å². The molecular formula is C23H27BrN4OS2. The standard InChI is InChI=1S/C23H27BrN4OS2/c1-5-28-20(13-30-12-18-8-6-15(2)7-9-18)26-27-23(28)31-14-21(29)25-22-16(3)10-19(24)11-17(22)4/h6-11H,5,12-14H2,1-4H3,(H,25,29). The molecule has 0 bridgehead atoms. The topological polar surface area (TPSA) is 59.8 Å². The molecule has 0 aliphatic carbocycles. The van der Waals surface area contributed by atoms with E-state index in [1.54, 1.807) is 0 Å². The zero-order chi connectivity index (χ0) is 22.4. The smallest absolute Gasteiger partial charge is 0.234 e. The quantitative estimate of drug-likeness (QED) is 0.344. The third-order valence-corrected chi connectivity index (χ3v) is 7.25. The average Bonchev–Trinajstić information content (AvgIpc) is 3.12. The van der Waals surface area contributed by atoms with Gasteiger partial charge in [0, 0.05) is 22.5 Å². The summed E-state index contributed by atoms with van der Waals surface area (Å²) in [4.78, 5) is 12.5. The molecule has 0 fully saturated rings. The second-order valence-electron chi connectivity index (χ2n) is 7.37. The van der Waals surface area contributed by atoms with Crippen LogP contribution in [0.3, 0.4) is 0 Å². The minimum absolute atomic E-state index is 0.0422. The highest BCUT2D eigenvalue weighted by molar-refractivity contribution is 9.10. The SMILES string of the molecule is CCn1c(CSCc2ccc(C)cc2)nnc1SCC(=O)Nc1c(C)cc(Br)cc1C. The van der Waals surface area contributed by atoms with E-state index in [1.807, 2.05) is 37.7 Å². The third-order valence-electron chi connectivity index (χ3n) is 4.82. The maximum atomic E-state index is 12.5. The summed E-state index contributed by atoms with van der Waals surface area (Å²) in [5, 5.41) is 12.5. The molecule has 3 rings (SSSR count). The minimum atomic E-state index is -0.0422. The molecule has 0 radical (unpaired) electrons. The lowest BCUT2D eigenvalue weighted by Crippen LogP contribution is -2.16. The van der Waals surface area contributed by atoms with E-state index in [0.29, 0.717) is 5.75 Å². The summed E-state index contributed by atoms with van der Waals surface area (Å²) < 4.78 is 3.11. The number of hydrogen-bond donors (Lipinski definition) is 1. The molecule has 0 aliphatic heterocycles. The maximum Gasteiger partial charge on any atom is 0.234 e. The Morgan fingerprint density at radius 3 is 2.39 bits per heavy atom. The number of benzene rings is 2. The van der Waals surface area contributed by atoms with Gasteiger partial charge in [-0.25, -0.2) is 0 Å². The molecule has 31 heavy (non-hydrogen) atoms. The molecule has 2 aromatic carbocycles. The number of rotatable bonds is 9. The number of nitrogens with one attached hydrogen (secondary N) is 1. The van der Waals surface area contributed by atoms with E-state index in [4.69, 9.17) is 0 Å². The summed E-state index contributed by atoms with van der Waals surface area (Å²) in [6.07, 6.45) is 0. The van der Waals surface area contributed by atoms with Crippen molar-refractivity contribution in [1.82, 2.24) is 14.8 Å². The van der Waals surface area contributed by atoms with E-state index in [9.17, 15) is 4.79 Å². The van der Waals surface area contributed by atoms with Crippen LogP contribution in [0.5, 0.6) is 0 Å². The van der Waals surface area contributed by atoms with Crippen LogP contribution in [0.25, 0.3) is 0 Å². The Labute approximate surface area is 200 Å². The molecule has 164 valence electrons. The van der Waals surface area contributed by atoms with Crippen LogP contribution in [0.1, 0.15) is 35.0 Å². The summed E-state index contributed by atoms with van der Waals surface area (Å²) >= 11 is 6.74. The number of carbonyl (C=O) groups excluding carboxylic acids is 1. The van der Waals surface area contributed by atoms with Crippen molar-refractivity contribution in [1.29, 1.82) is 0 Å². The van der Waals surface area contributed by atoms with Crippen LogP contribution in [0.15, 0.2) is 46.0 Å². The third kappa shape index (κ3) is 6.60. The van der Waals surface area contributed by atoms with Crippen LogP contribution in [0, 0.1) is 20.8 Å². The molecule has 0 aliphatic rings. The fourth-order valence-electron chi connectivity index (χ4n) is 3.21. The van der Waals surface area contributed by atoms with E-state index < -0.39 is 0 Å². The average molecular weight is 520 g/mol. The fraction of sp³-hybridized carbons (Fsp3) is 0.348. The first-order valence-corrected chi connectivity index (χ1v) is 13.1. The molecule has 1 amide bonds. The lowest BCUT2D eigenvalue weighted by Gasteiger charge is -2.12. The highest BCUT2D eigenvalue weighted by Crippen LogP contribution is 2.26. The Hall–Kier alpha value is -1.77. The van der Waals surface area contributed by atoms with E-state index in [-0.39, 0.29) is 5.91 Å². The number of amides is 1. The predicted octanol–water partition coefficient (Wildman–Crippen LogP) is 6.15. The Morgan fingerprint density at radius 1 is 1.06 bits per heavy atom. The van der Waals surface area contributed by atoms with Gasteiger partial charge in [-0.1, -0.05) is 57.5 Å². The molecule has 0 saturated heterocycles. The van der Waals surface area contributed by atoms with Gasteiger partial charge in [-0.05, 0) is 56.5 Å². The summed E-state index contributed by atoms with van der Waals surface area (Å²) in [7, 11) is 0. The van der Waals surface area contributed by atoms with Gasteiger partial charge in [0.1, 0.15) is 5.82 Å². The number of nitrogens with zero attached hydrogens (tertiary/aromatic N) is 3. The first kappa shape index (κ1) is 23.9. The Morgan fingerprint density at radius 2 is 1.74 bits per heavy atom. The summed E-state index contributed by atoms with van der Waals surface area (Å²) in [5.41, 5.74) is 5.53. The predicted molar refractivity (Wildman–Crippen MR) is 135 cm³/mol. The molecule has 5 nitrogen and oxygen atoms in total. The van der Waals surface area contributed by atoms with Crippen LogP contribution >= 0.6 is 39.5 Å². The first-order chi connectivity index (χ1) is 14.9. The molecule has 0 spiro atoms. The molecule has 1 aromatic heterocycles. The second kappa shape index (κ2) is 11.2. The van der Waals surface area contributed by atoms with Gasteiger partial charge in [-0.15, -0.1) is 22.0 Å². The van der Waals surface area contributed by atoms with Gasteiger partial charge in [-0.2, -0.15) is 0 Å². The van der Waals surface area contributed by atoms with Crippen LogP contribution < -0.4 is 5.32 Å². The molecule has 1 heterocycles.